The maximum Gasteiger partial charge on any atom is 0.243 e. The van der Waals surface area contributed by atoms with Crippen molar-refractivity contribution < 1.29 is 38.4 Å². The molecule has 8 amide bonds. The lowest BCUT2D eigenvalue weighted by molar-refractivity contribution is -0.135. The fraction of sp³-hybridized carbons (Fsp3) is 0.469. The molecule has 1 fully saturated rings. The Hall–Kier alpha value is -7.93. The largest absolute Gasteiger partial charge is 0.401 e. The van der Waals surface area contributed by atoms with Crippen LogP contribution in [0.1, 0.15) is 75.8 Å². The fourth-order valence-electron chi connectivity index (χ4n) is 8.27. The van der Waals surface area contributed by atoms with E-state index in [-0.39, 0.29) is 114 Å². The Balaban J connectivity index is 1.76. The molecule has 25 nitrogen and oxygen atoms in total. The topological polar surface area (TPSA) is 424 Å². The Morgan fingerprint density at radius 3 is 2.04 bits per heavy atom. The van der Waals surface area contributed by atoms with Gasteiger partial charge in [-0.3, -0.25) is 49.2 Å². The normalized spacial score (nSPS) is 21.1. The first-order valence-electron chi connectivity index (χ1n) is 24.7. The van der Waals surface area contributed by atoms with Crippen LogP contribution in [0.4, 0.5) is 0 Å². The van der Waals surface area contributed by atoms with Crippen molar-refractivity contribution in [1.82, 2.24) is 58.2 Å². The van der Waals surface area contributed by atoms with Gasteiger partial charge >= 0.3 is 0 Å². The summed E-state index contributed by atoms with van der Waals surface area (Å²) in [5, 5.41) is 43.2. The fourth-order valence-corrected chi connectivity index (χ4v) is 8.48. The molecule has 0 unspecified atom stereocenters. The van der Waals surface area contributed by atoms with Crippen molar-refractivity contribution >= 4 is 81.7 Å². The van der Waals surface area contributed by atoms with Gasteiger partial charge in [-0.15, -0.1) is 0 Å². The number of carbonyl (C=O) groups excluding carboxylic acids is 8. The minimum absolute atomic E-state index is 0.0103. The van der Waals surface area contributed by atoms with Crippen LogP contribution >= 0.6 is 11.6 Å². The van der Waals surface area contributed by atoms with E-state index in [1.807, 2.05) is 24.3 Å². The summed E-state index contributed by atoms with van der Waals surface area (Å²) in [5.41, 5.74) is 25.2. The molecule has 7 atom stereocenters. The standard InChI is InChI=1S/C49H72ClN17O8/c1-27(52)33-13-6-20-57-41(69)17-16-37(64-42(70)35(61-28(2)68)14-7-21-58-48(53)54)44(72)65-38(18-19-51)45(73)66-39(24-29-9-5-10-31(50)23-29)46(74)63-36(15-8-22-59-49(55)56)43(71)67-40(47(75)62-33)25-30-26-60-34-12-4-3-11-32(30)34/h3-5,9-12,23,26,33,35-40,60H,1,6-8,13-22,24-25,51-52H2,2H3,(H,57,69)(H,61,68)(H,62,75)(H,63,74)(H,64,70)(H,65,72)(H,66,73)(H,67,71)(H4,53,54,58)(H4,55,56,59)/t33-,35-,36-,37-,38-,39+,40-/m0/s1. The van der Waals surface area contributed by atoms with Crippen LogP contribution in [0.25, 0.3) is 10.9 Å². The second-order valence-electron chi connectivity index (χ2n) is 18.2. The number of H-pyrrole nitrogens is 1. The number of guanidine groups is 2. The minimum Gasteiger partial charge on any atom is -0.401 e. The Labute approximate surface area is 439 Å². The monoisotopic (exact) mass is 1060 g/mol. The summed E-state index contributed by atoms with van der Waals surface area (Å²) in [6.45, 7) is 5.35. The van der Waals surface area contributed by atoms with Crippen LogP contribution in [0.2, 0.25) is 5.02 Å². The number of amides is 8. The van der Waals surface area contributed by atoms with Crippen LogP contribution in [-0.4, -0.2) is 133 Å². The molecule has 1 aromatic heterocycles. The zero-order valence-electron chi connectivity index (χ0n) is 42.0. The van der Waals surface area contributed by atoms with Gasteiger partial charge in [0, 0.05) is 73.6 Å². The lowest BCUT2D eigenvalue weighted by atomic mass is 10.0. The van der Waals surface area contributed by atoms with Crippen molar-refractivity contribution in [3.8, 4) is 0 Å². The van der Waals surface area contributed by atoms with Crippen molar-refractivity contribution in [3.05, 3.63) is 83.2 Å². The van der Waals surface area contributed by atoms with E-state index in [9.17, 15) is 38.4 Å². The summed E-state index contributed by atoms with van der Waals surface area (Å²) in [7, 11) is 0. The van der Waals surface area contributed by atoms with Gasteiger partial charge in [0.1, 0.15) is 36.3 Å². The molecule has 1 saturated heterocycles. The average Bonchev–Trinajstić information content (AvgIpc) is 3.76. The maximum absolute atomic E-state index is 14.6. The Kier molecular flexibility index (Phi) is 24.1. The lowest BCUT2D eigenvalue weighted by Crippen LogP contribution is -2.60. The molecule has 0 saturated carbocycles. The van der Waals surface area contributed by atoms with Gasteiger partial charge in [-0.05, 0) is 87.2 Å². The Morgan fingerprint density at radius 1 is 0.773 bits per heavy atom. The van der Waals surface area contributed by atoms with Crippen molar-refractivity contribution in [2.75, 3.05) is 26.2 Å². The second kappa shape index (κ2) is 30.3. The van der Waals surface area contributed by atoms with Gasteiger partial charge < -0.3 is 81.1 Å². The summed E-state index contributed by atoms with van der Waals surface area (Å²) >= 11 is 6.34. The zero-order valence-corrected chi connectivity index (χ0v) is 42.8. The molecule has 2 aromatic carbocycles. The molecule has 2 heterocycles. The minimum atomic E-state index is -1.45. The molecule has 0 bridgehead atoms. The molecule has 1 aliphatic rings. The molecule has 0 aliphatic carbocycles. The van der Waals surface area contributed by atoms with E-state index in [1.165, 1.54) is 6.92 Å². The van der Waals surface area contributed by atoms with E-state index in [0.717, 1.165) is 10.9 Å². The molecular formula is C49H72ClN17O8. The molecule has 408 valence electrons. The van der Waals surface area contributed by atoms with Gasteiger partial charge in [0.2, 0.25) is 47.3 Å². The number of nitrogens with two attached hydrogens (primary N) is 4. The first-order valence-corrected chi connectivity index (χ1v) is 25.1. The molecule has 0 spiro atoms. The van der Waals surface area contributed by atoms with Crippen LogP contribution in [0.15, 0.2) is 67.0 Å². The number of fused-ring (bicyclic) bond motifs is 1. The number of halogens is 1. The number of aromatic amines is 1. The molecule has 26 heteroatoms. The molecule has 1 aliphatic heterocycles. The number of benzene rings is 2. The summed E-state index contributed by atoms with van der Waals surface area (Å²) < 4.78 is 0. The lowest BCUT2D eigenvalue weighted by Gasteiger charge is -2.28. The van der Waals surface area contributed by atoms with Gasteiger partial charge in [-0.2, -0.15) is 0 Å². The number of nitrogens with one attached hydrogen (secondary N) is 13. The number of aromatic nitrogens is 1. The number of carbonyl (C=O) groups is 8. The molecule has 75 heavy (non-hydrogen) atoms. The van der Waals surface area contributed by atoms with Gasteiger partial charge in [0.25, 0.3) is 0 Å². The zero-order chi connectivity index (χ0) is 55.0. The SMILES string of the molecule is C=C(N)[C@@H]1CCCNC(=O)CC[C@H](NC(=O)[C@H](CCCNC(=N)N)NC(C)=O)C(=O)N[C@@H](CCN)C(=O)N[C@H](Cc2cccc(Cl)c2)C(=O)N[C@@H](CCCNC(=N)N)C(=O)N[C@@H](Cc2c[nH]c3ccccc23)C(=O)N1. The summed E-state index contributed by atoms with van der Waals surface area (Å²) in [6, 6.07) is 5.02. The average molecular weight is 1060 g/mol. The smallest absolute Gasteiger partial charge is 0.243 e. The number of hydrogen-bond acceptors (Lipinski definition) is 12. The van der Waals surface area contributed by atoms with Gasteiger partial charge in [0.05, 0.1) is 6.04 Å². The Bertz CT molecular complexity index is 2520. The second-order valence-corrected chi connectivity index (χ2v) is 18.6. The third-order valence-corrected chi connectivity index (χ3v) is 12.4. The highest BCUT2D eigenvalue weighted by Gasteiger charge is 2.34. The third-order valence-electron chi connectivity index (χ3n) is 12.1. The molecule has 21 N–H and O–H groups in total. The third kappa shape index (κ3) is 20.5. The number of rotatable bonds is 18. The van der Waals surface area contributed by atoms with Gasteiger partial charge in [0.15, 0.2) is 11.9 Å². The van der Waals surface area contributed by atoms with Gasteiger partial charge in [-0.1, -0.05) is 48.5 Å². The predicted molar refractivity (Wildman–Crippen MR) is 283 cm³/mol. The highest BCUT2D eigenvalue weighted by molar-refractivity contribution is 6.30. The number of para-hydroxylation sites is 1. The van der Waals surface area contributed by atoms with Crippen LogP contribution in [0, 0.1) is 10.8 Å². The quantitative estimate of drug-likeness (QED) is 0.0375. The predicted octanol–water partition coefficient (Wildman–Crippen LogP) is -1.94. The van der Waals surface area contributed by atoms with Crippen LogP contribution < -0.4 is 76.1 Å². The van der Waals surface area contributed by atoms with Crippen LogP contribution in [0.3, 0.4) is 0 Å². The maximum atomic E-state index is 14.6. The van der Waals surface area contributed by atoms with E-state index in [0.29, 0.717) is 16.1 Å². The Morgan fingerprint density at radius 2 is 1.39 bits per heavy atom. The molecule has 3 aromatic rings. The first-order chi connectivity index (χ1) is 35.7. The molecule has 4 rings (SSSR count). The number of hydrogen-bond donors (Lipinski definition) is 17. The van der Waals surface area contributed by atoms with E-state index < -0.39 is 89.6 Å². The highest BCUT2D eigenvalue weighted by atomic mass is 35.5. The van der Waals surface area contributed by atoms with Crippen molar-refractivity contribution in [2.24, 2.45) is 22.9 Å². The molecule has 0 radical (unpaired) electrons. The van der Waals surface area contributed by atoms with Gasteiger partial charge in [-0.25, -0.2) is 0 Å². The van der Waals surface area contributed by atoms with Crippen LogP contribution in [-0.2, 0) is 51.2 Å². The van der Waals surface area contributed by atoms with E-state index in [4.69, 9.17) is 45.4 Å². The summed E-state index contributed by atoms with van der Waals surface area (Å²) in [4.78, 5) is 115. The van der Waals surface area contributed by atoms with E-state index >= 15 is 0 Å². The first kappa shape index (κ1) is 59.6. The summed E-state index contributed by atoms with van der Waals surface area (Å²) in [5.74, 6) is -6.45. The molecular weight excluding hydrogens is 990 g/mol. The highest BCUT2D eigenvalue weighted by Crippen LogP contribution is 2.20. The van der Waals surface area contributed by atoms with E-state index in [2.05, 4.69) is 64.7 Å². The van der Waals surface area contributed by atoms with Crippen molar-refractivity contribution in [2.45, 2.75) is 120 Å². The summed E-state index contributed by atoms with van der Waals surface area (Å²) in [6.07, 6.45) is 1.77. The van der Waals surface area contributed by atoms with Crippen molar-refractivity contribution in [1.29, 1.82) is 10.8 Å². The van der Waals surface area contributed by atoms with E-state index in [1.54, 1.807) is 30.5 Å². The van der Waals surface area contributed by atoms with Crippen molar-refractivity contribution in [3.63, 3.8) is 0 Å². The van der Waals surface area contributed by atoms with Crippen LogP contribution in [0.5, 0.6) is 0 Å².